The molecule has 1 aliphatic heterocycles. The highest BCUT2D eigenvalue weighted by Crippen LogP contribution is 2.26. The molecule has 8 heteroatoms. The number of nitrogens with zero attached hydrogens (tertiary/aromatic N) is 1. The number of carbonyl (C=O) groups is 3. The van der Waals surface area contributed by atoms with Crippen molar-refractivity contribution in [3.8, 4) is 0 Å². The summed E-state index contributed by atoms with van der Waals surface area (Å²) in [6.07, 6.45) is 2.30. The van der Waals surface area contributed by atoms with E-state index in [0.717, 1.165) is 12.8 Å². The van der Waals surface area contributed by atoms with Crippen molar-refractivity contribution < 1.29 is 23.5 Å². The molecule has 31 heavy (non-hydrogen) atoms. The van der Waals surface area contributed by atoms with Gasteiger partial charge < -0.3 is 20.3 Å². The molecule has 0 spiro atoms. The van der Waals surface area contributed by atoms with Gasteiger partial charge in [-0.25, -0.2) is 4.39 Å². The Labute approximate surface area is 180 Å². The van der Waals surface area contributed by atoms with Crippen molar-refractivity contribution >= 4 is 29.1 Å². The first-order valence-corrected chi connectivity index (χ1v) is 10.1. The SMILES string of the molecule is CO[C@@](C)(CNC(=O)C(=O)Nc1cccc(N2CCCCC2=O)c1)c1ccccc1F. The third kappa shape index (κ3) is 5.27. The van der Waals surface area contributed by atoms with Crippen LogP contribution in [0.15, 0.2) is 48.5 Å². The van der Waals surface area contributed by atoms with Crippen LogP contribution in [0.5, 0.6) is 0 Å². The molecule has 2 aromatic carbocycles. The summed E-state index contributed by atoms with van der Waals surface area (Å²) in [6.45, 7) is 2.16. The Morgan fingerprint density at radius 2 is 1.90 bits per heavy atom. The van der Waals surface area contributed by atoms with Gasteiger partial charge in [0.1, 0.15) is 11.4 Å². The van der Waals surface area contributed by atoms with Crippen molar-refractivity contribution in [3.63, 3.8) is 0 Å². The molecule has 2 N–H and O–H groups in total. The minimum atomic E-state index is -1.14. The maximum absolute atomic E-state index is 14.2. The Hall–Kier alpha value is -3.26. The number of methoxy groups -OCH3 is 1. The van der Waals surface area contributed by atoms with Crippen LogP contribution in [0.1, 0.15) is 31.7 Å². The van der Waals surface area contributed by atoms with E-state index in [1.54, 1.807) is 54.3 Å². The van der Waals surface area contributed by atoms with Crippen LogP contribution in [-0.4, -0.2) is 37.9 Å². The molecule has 3 amide bonds. The molecule has 1 atom stereocenters. The molecule has 1 saturated heterocycles. The third-order valence-corrected chi connectivity index (χ3v) is 5.43. The third-order valence-electron chi connectivity index (χ3n) is 5.43. The van der Waals surface area contributed by atoms with E-state index < -0.39 is 23.2 Å². The Kier molecular flexibility index (Phi) is 7.02. The van der Waals surface area contributed by atoms with Gasteiger partial charge >= 0.3 is 11.8 Å². The second kappa shape index (κ2) is 9.70. The standard InChI is InChI=1S/C23H26FN3O4/c1-23(31-2,18-10-3-4-11-19(18)24)15-25-21(29)22(30)26-16-8-7-9-17(14-16)27-13-6-5-12-20(27)28/h3-4,7-11,14H,5-6,12-13,15H2,1-2H3,(H,25,29)(H,26,30)/t23-/m0/s1. The predicted molar refractivity (Wildman–Crippen MR) is 115 cm³/mol. The van der Waals surface area contributed by atoms with Gasteiger partial charge in [-0.1, -0.05) is 24.3 Å². The van der Waals surface area contributed by atoms with E-state index in [2.05, 4.69) is 10.6 Å². The zero-order valence-corrected chi connectivity index (χ0v) is 17.6. The maximum atomic E-state index is 14.2. The van der Waals surface area contributed by atoms with Gasteiger partial charge in [-0.15, -0.1) is 0 Å². The molecule has 0 aliphatic carbocycles. The molecular weight excluding hydrogens is 401 g/mol. The van der Waals surface area contributed by atoms with E-state index in [0.29, 0.717) is 24.3 Å². The van der Waals surface area contributed by atoms with Crippen LogP contribution in [-0.2, 0) is 24.7 Å². The molecule has 0 saturated carbocycles. The van der Waals surface area contributed by atoms with Crippen LogP contribution in [0, 0.1) is 5.82 Å². The van der Waals surface area contributed by atoms with E-state index in [-0.39, 0.29) is 18.0 Å². The molecule has 2 aromatic rings. The number of piperidine rings is 1. The number of amides is 3. The lowest BCUT2D eigenvalue weighted by Crippen LogP contribution is -2.44. The molecular formula is C23H26FN3O4. The summed E-state index contributed by atoms with van der Waals surface area (Å²) in [5.74, 6) is -2.16. The molecule has 3 rings (SSSR count). The average Bonchev–Trinajstić information content (AvgIpc) is 2.78. The number of ether oxygens (including phenoxy) is 1. The lowest BCUT2D eigenvalue weighted by atomic mass is 9.95. The van der Waals surface area contributed by atoms with Gasteiger partial charge in [0.05, 0.1) is 6.54 Å². The topological polar surface area (TPSA) is 87.7 Å². The number of benzene rings is 2. The Morgan fingerprint density at radius 3 is 2.61 bits per heavy atom. The number of carbonyl (C=O) groups excluding carboxylic acids is 3. The molecule has 1 fully saturated rings. The van der Waals surface area contributed by atoms with Crippen LogP contribution in [0.2, 0.25) is 0 Å². The quantitative estimate of drug-likeness (QED) is 0.694. The molecule has 0 bridgehead atoms. The van der Waals surface area contributed by atoms with Gasteiger partial charge in [0.2, 0.25) is 5.91 Å². The fourth-order valence-electron chi connectivity index (χ4n) is 3.51. The maximum Gasteiger partial charge on any atom is 0.313 e. The summed E-state index contributed by atoms with van der Waals surface area (Å²) >= 11 is 0. The Bertz CT molecular complexity index is 981. The van der Waals surface area contributed by atoms with E-state index in [1.165, 1.54) is 13.2 Å². The molecule has 0 radical (unpaired) electrons. The number of nitrogens with one attached hydrogen (secondary N) is 2. The van der Waals surface area contributed by atoms with Crippen molar-refractivity contribution in [2.45, 2.75) is 31.8 Å². The van der Waals surface area contributed by atoms with E-state index in [9.17, 15) is 18.8 Å². The molecule has 1 heterocycles. The van der Waals surface area contributed by atoms with Gasteiger partial charge in [-0.3, -0.25) is 14.4 Å². The molecule has 1 aliphatic rings. The molecule has 164 valence electrons. The minimum absolute atomic E-state index is 0.0412. The van der Waals surface area contributed by atoms with Crippen molar-refractivity contribution in [2.24, 2.45) is 0 Å². The van der Waals surface area contributed by atoms with Crippen LogP contribution in [0.4, 0.5) is 15.8 Å². The van der Waals surface area contributed by atoms with Crippen LogP contribution in [0.25, 0.3) is 0 Å². The van der Waals surface area contributed by atoms with Gasteiger partial charge in [-0.05, 0) is 44.0 Å². The summed E-state index contributed by atoms with van der Waals surface area (Å²) < 4.78 is 19.6. The Balaban J connectivity index is 1.63. The largest absolute Gasteiger partial charge is 0.372 e. The first-order chi connectivity index (χ1) is 14.8. The van der Waals surface area contributed by atoms with Gasteiger partial charge in [0.15, 0.2) is 0 Å². The molecule has 0 aromatic heterocycles. The summed E-state index contributed by atoms with van der Waals surface area (Å²) in [5, 5.41) is 5.04. The highest BCUT2D eigenvalue weighted by molar-refractivity contribution is 6.39. The monoisotopic (exact) mass is 427 g/mol. The Morgan fingerprint density at radius 1 is 1.13 bits per heavy atom. The summed E-state index contributed by atoms with van der Waals surface area (Å²) in [5.41, 5.74) is 0.210. The second-order valence-electron chi connectivity index (χ2n) is 7.60. The summed E-state index contributed by atoms with van der Waals surface area (Å²) in [6, 6.07) is 12.9. The first kappa shape index (κ1) is 22.4. The van der Waals surface area contributed by atoms with E-state index >= 15 is 0 Å². The zero-order chi connectivity index (χ0) is 22.4. The van der Waals surface area contributed by atoms with Gasteiger partial charge in [0, 0.05) is 37.0 Å². The number of hydrogen-bond acceptors (Lipinski definition) is 4. The van der Waals surface area contributed by atoms with Gasteiger partial charge in [-0.2, -0.15) is 0 Å². The average molecular weight is 427 g/mol. The minimum Gasteiger partial charge on any atom is -0.372 e. The molecule has 0 unspecified atom stereocenters. The van der Waals surface area contributed by atoms with Crippen LogP contribution >= 0.6 is 0 Å². The number of rotatable bonds is 6. The van der Waals surface area contributed by atoms with Crippen molar-refractivity contribution in [3.05, 3.63) is 59.9 Å². The first-order valence-electron chi connectivity index (χ1n) is 10.1. The van der Waals surface area contributed by atoms with Crippen LogP contribution in [0.3, 0.4) is 0 Å². The zero-order valence-electron chi connectivity index (χ0n) is 17.6. The lowest BCUT2D eigenvalue weighted by molar-refractivity contribution is -0.137. The smallest absolute Gasteiger partial charge is 0.313 e. The summed E-state index contributed by atoms with van der Waals surface area (Å²) in [4.78, 5) is 38.5. The van der Waals surface area contributed by atoms with Crippen LogP contribution < -0.4 is 15.5 Å². The summed E-state index contributed by atoms with van der Waals surface area (Å²) in [7, 11) is 1.41. The second-order valence-corrected chi connectivity index (χ2v) is 7.60. The fraction of sp³-hybridized carbons (Fsp3) is 0.348. The number of hydrogen-bond donors (Lipinski definition) is 2. The predicted octanol–water partition coefficient (Wildman–Crippen LogP) is 2.96. The van der Waals surface area contributed by atoms with Crippen molar-refractivity contribution in [2.75, 3.05) is 30.4 Å². The highest BCUT2D eigenvalue weighted by atomic mass is 19.1. The number of anilines is 2. The van der Waals surface area contributed by atoms with E-state index in [1.807, 2.05) is 0 Å². The fourth-order valence-corrected chi connectivity index (χ4v) is 3.51. The van der Waals surface area contributed by atoms with E-state index in [4.69, 9.17) is 4.74 Å². The van der Waals surface area contributed by atoms with Crippen molar-refractivity contribution in [1.29, 1.82) is 0 Å². The molecule has 7 nitrogen and oxygen atoms in total. The number of halogens is 1. The normalized spacial score (nSPS) is 15.8. The highest BCUT2D eigenvalue weighted by Gasteiger charge is 2.30. The van der Waals surface area contributed by atoms with Crippen molar-refractivity contribution in [1.82, 2.24) is 5.32 Å². The lowest BCUT2D eigenvalue weighted by Gasteiger charge is -2.29. The van der Waals surface area contributed by atoms with Gasteiger partial charge in [0.25, 0.3) is 0 Å².